The maximum atomic E-state index is 14.4. The van der Waals surface area contributed by atoms with Crippen molar-refractivity contribution >= 4 is 35.0 Å². The molecule has 0 saturated carbocycles. The SMILES string of the molecule is C[C@H](NC(=O)c1cc(C(=O)NCc2ccc3c(c2)NC(=O)CO3)nc2c(F)cnn12)C(=O)N1CCNCC1. The lowest BCUT2D eigenvalue weighted by Crippen LogP contribution is -2.53. The van der Waals surface area contributed by atoms with Gasteiger partial charge in [-0.25, -0.2) is 13.9 Å². The van der Waals surface area contributed by atoms with Crippen LogP contribution in [0.1, 0.15) is 33.5 Å². The molecule has 2 aromatic heterocycles. The summed E-state index contributed by atoms with van der Waals surface area (Å²) in [7, 11) is 0. The van der Waals surface area contributed by atoms with Gasteiger partial charge in [0, 0.05) is 38.8 Å². The number of carbonyl (C=O) groups is 4. The highest BCUT2D eigenvalue weighted by molar-refractivity contribution is 6.00. The van der Waals surface area contributed by atoms with Crippen LogP contribution in [-0.4, -0.2) is 82.0 Å². The summed E-state index contributed by atoms with van der Waals surface area (Å²) in [6.45, 7) is 3.93. The van der Waals surface area contributed by atoms with Gasteiger partial charge in [-0.15, -0.1) is 0 Å². The number of anilines is 1. The Morgan fingerprint density at radius 3 is 2.76 bits per heavy atom. The molecule has 3 aromatic rings. The Bertz CT molecular complexity index is 1430. The predicted molar refractivity (Wildman–Crippen MR) is 131 cm³/mol. The molecule has 4 N–H and O–H groups in total. The van der Waals surface area contributed by atoms with Crippen molar-refractivity contribution in [2.45, 2.75) is 19.5 Å². The Labute approximate surface area is 215 Å². The fraction of sp³-hybridized carbons (Fsp3) is 0.333. The molecule has 2 aliphatic heterocycles. The molecule has 0 radical (unpaired) electrons. The fourth-order valence-corrected chi connectivity index (χ4v) is 4.22. The molecule has 0 spiro atoms. The van der Waals surface area contributed by atoms with Gasteiger partial charge in [-0.1, -0.05) is 6.07 Å². The minimum Gasteiger partial charge on any atom is -0.482 e. The lowest BCUT2D eigenvalue weighted by atomic mass is 10.1. The van der Waals surface area contributed by atoms with E-state index in [0.29, 0.717) is 43.2 Å². The molecule has 4 heterocycles. The number of rotatable bonds is 6. The van der Waals surface area contributed by atoms with Crippen LogP contribution in [-0.2, 0) is 16.1 Å². The summed E-state index contributed by atoms with van der Waals surface area (Å²) >= 11 is 0. The minimum absolute atomic E-state index is 0.0638. The molecule has 14 heteroatoms. The van der Waals surface area contributed by atoms with E-state index < -0.39 is 23.7 Å². The van der Waals surface area contributed by atoms with Gasteiger partial charge >= 0.3 is 0 Å². The summed E-state index contributed by atoms with van der Waals surface area (Å²) < 4.78 is 20.7. The van der Waals surface area contributed by atoms with Crippen molar-refractivity contribution in [1.29, 1.82) is 0 Å². The number of amides is 4. The largest absolute Gasteiger partial charge is 0.482 e. The van der Waals surface area contributed by atoms with Crippen molar-refractivity contribution in [3.63, 3.8) is 0 Å². The van der Waals surface area contributed by atoms with Crippen LogP contribution in [0.5, 0.6) is 5.75 Å². The fourth-order valence-electron chi connectivity index (χ4n) is 4.22. The molecule has 0 unspecified atom stereocenters. The van der Waals surface area contributed by atoms with Crippen molar-refractivity contribution in [2.24, 2.45) is 0 Å². The number of carbonyl (C=O) groups excluding carboxylic acids is 4. The second-order valence-electron chi connectivity index (χ2n) is 8.88. The van der Waals surface area contributed by atoms with Crippen LogP contribution in [0.15, 0.2) is 30.5 Å². The summed E-state index contributed by atoms with van der Waals surface area (Å²) in [5.41, 5.74) is 0.475. The molecule has 38 heavy (non-hydrogen) atoms. The zero-order chi connectivity index (χ0) is 26.8. The third kappa shape index (κ3) is 5.11. The Hall–Kier alpha value is -4.59. The number of benzene rings is 1. The van der Waals surface area contributed by atoms with E-state index in [1.165, 1.54) is 6.07 Å². The van der Waals surface area contributed by atoms with Gasteiger partial charge in [-0.05, 0) is 24.6 Å². The molecule has 0 bridgehead atoms. The van der Waals surface area contributed by atoms with Crippen molar-refractivity contribution in [2.75, 3.05) is 38.1 Å². The molecule has 2 aliphatic rings. The van der Waals surface area contributed by atoms with Crippen molar-refractivity contribution in [3.8, 4) is 5.75 Å². The first kappa shape index (κ1) is 25.1. The molecule has 4 amide bonds. The second-order valence-corrected chi connectivity index (χ2v) is 8.88. The van der Waals surface area contributed by atoms with Gasteiger partial charge in [0.25, 0.3) is 17.7 Å². The van der Waals surface area contributed by atoms with Crippen LogP contribution in [0.25, 0.3) is 5.65 Å². The number of nitrogens with zero attached hydrogens (tertiary/aromatic N) is 4. The van der Waals surface area contributed by atoms with E-state index in [9.17, 15) is 23.6 Å². The van der Waals surface area contributed by atoms with E-state index in [-0.39, 0.29) is 42.0 Å². The van der Waals surface area contributed by atoms with E-state index in [1.807, 2.05) is 0 Å². The van der Waals surface area contributed by atoms with Gasteiger partial charge < -0.3 is 30.9 Å². The quantitative estimate of drug-likeness (QED) is 0.342. The van der Waals surface area contributed by atoms with Crippen LogP contribution in [0, 0.1) is 5.82 Å². The summed E-state index contributed by atoms with van der Waals surface area (Å²) in [6.07, 6.45) is 0.888. The highest BCUT2D eigenvalue weighted by Gasteiger charge is 2.26. The zero-order valence-corrected chi connectivity index (χ0v) is 20.4. The molecule has 0 aliphatic carbocycles. The maximum absolute atomic E-state index is 14.4. The normalized spacial score (nSPS) is 15.7. The third-order valence-corrected chi connectivity index (χ3v) is 6.17. The van der Waals surface area contributed by atoms with Gasteiger partial charge in [0.05, 0.1) is 11.9 Å². The number of aromatic nitrogens is 3. The average molecular weight is 525 g/mol. The van der Waals surface area contributed by atoms with Crippen LogP contribution in [0.4, 0.5) is 10.1 Å². The molecular formula is C24H25FN8O5. The smallest absolute Gasteiger partial charge is 0.270 e. The molecule has 1 atom stereocenters. The maximum Gasteiger partial charge on any atom is 0.270 e. The Balaban J connectivity index is 1.32. The lowest BCUT2D eigenvalue weighted by molar-refractivity contribution is -0.133. The van der Waals surface area contributed by atoms with Gasteiger partial charge in [-0.3, -0.25) is 19.2 Å². The monoisotopic (exact) mass is 524 g/mol. The van der Waals surface area contributed by atoms with Crippen LogP contribution < -0.4 is 26.0 Å². The van der Waals surface area contributed by atoms with E-state index in [0.717, 1.165) is 10.7 Å². The zero-order valence-electron chi connectivity index (χ0n) is 20.4. The number of piperazine rings is 1. The number of hydrogen-bond donors (Lipinski definition) is 4. The number of fused-ring (bicyclic) bond motifs is 2. The minimum atomic E-state index is -0.852. The van der Waals surface area contributed by atoms with Gasteiger partial charge in [0.15, 0.2) is 18.1 Å². The predicted octanol–water partition coefficient (Wildman–Crippen LogP) is -0.321. The van der Waals surface area contributed by atoms with Crippen LogP contribution >= 0.6 is 0 Å². The van der Waals surface area contributed by atoms with E-state index in [2.05, 4.69) is 31.3 Å². The van der Waals surface area contributed by atoms with E-state index in [4.69, 9.17) is 4.74 Å². The average Bonchev–Trinajstić information content (AvgIpc) is 3.31. The van der Waals surface area contributed by atoms with Gasteiger partial charge in [-0.2, -0.15) is 5.10 Å². The molecule has 13 nitrogen and oxygen atoms in total. The van der Waals surface area contributed by atoms with Gasteiger partial charge in [0.2, 0.25) is 5.91 Å². The van der Waals surface area contributed by atoms with Crippen molar-refractivity contribution in [1.82, 2.24) is 35.4 Å². The first-order chi connectivity index (χ1) is 18.3. The molecule has 198 valence electrons. The molecule has 5 rings (SSSR count). The summed E-state index contributed by atoms with van der Waals surface area (Å²) in [4.78, 5) is 56.0. The first-order valence-corrected chi connectivity index (χ1v) is 12.0. The summed E-state index contributed by atoms with van der Waals surface area (Å²) in [5.74, 6) is -2.20. The first-order valence-electron chi connectivity index (χ1n) is 12.0. The topological polar surface area (TPSA) is 159 Å². The number of nitrogens with one attached hydrogen (secondary N) is 4. The Morgan fingerprint density at radius 2 is 1.97 bits per heavy atom. The van der Waals surface area contributed by atoms with Crippen molar-refractivity contribution < 1.29 is 28.3 Å². The molecule has 1 fully saturated rings. The number of halogens is 1. The molecule has 1 saturated heterocycles. The second kappa shape index (κ2) is 10.4. The highest BCUT2D eigenvalue weighted by atomic mass is 19.1. The molecule has 1 aromatic carbocycles. The van der Waals surface area contributed by atoms with Crippen molar-refractivity contribution in [3.05, 3.63) is 53.2 Å². The summed E-state index contributed by atoms with van der Waals surface area (Å²) in [5, 5.41) is 15.0. The Morgan fingerprint density at radius 1 is 1.18 bits per heavy atom. The number of hydrogen-bond acceptors (Lipinski definition) is 8. The lowest BCUT2D eigenvalue weighted by Gasteiger charge is -2.30. The van der Waals surface area contributed by atoms with Gasteiger partial charge in [0.1, 0.15) is 23.2 Å². The third-order valence-electron chi connectivity index (χ3n) is 6.17. The van der Waals surface area contributed by atoms with E-state index >= 15 is 0 Å². The highest BCUT2D eigenvalue weighted by Crippen LogP contribution is 2.28. The Kier molecular flexibility index (Phi) is 6.87. The van der Waals surface area contributed by atoms with E-state index in [1.54, 1.807) is 30.0 Å². The van der Waals surface area contributed by atoms with Crippen LogP contribution in [0.2, 0.25) is 0 Å². The standard InChI is InChI=1S/C24H25FN8O5/c1-13(24(37)32-6-4-26-5-7-32)29-23(36)18-9-17(31-21-15(25)11-28-33(18)21)22(35)27-10-14-2-3-19-16(8-14)30-20(34)12-38-19/h2-3,8-9,11,13,26H,4-7,10,12H2,1H3,(H,27,35)(H,29,36)(H,30,34)/t13-/m0/s1. The van der Waals surface area contributed by atoms with Crippen LogP contribution in [0.3, 0.4) is 0 Å². The number of ether oxygens (including phenoxy) is 1. The molecular weight excluding hydrogens is 499 g/mol. The summed E-state index contributed by atoms with van der Waals surface area (Å²) in [6, 6.07) is 5.39.